The van der Waals surface area contributed by atoms with Gasteiger partial charge in [-0.1, -0.05) is 0 Å². The fourth-order valence-corrected chi connectivity index (χ4v) is 3.60. The highest BCUT2D eigenvalue weighted by atomic mass is 19.4. The van der Waals surface area contributed by atoms with Crippen molar-refractivity contribution in [2.75, 3.05) is 26.2 Å². The van der Waals surface area contributed by atoms with E-state index in [0.717, 1.165) is 44.5 Å². The number of hydrogen-bond acceptors (Lipinski definition) is 4. The third-order valence-corrected chi connectivity index (χ3v) is 4.78. The molecule has 2 saturated heterocycles. The Labute approximate surface area is 148 Å². The van der Waals surface area contributed by atoms with E-state index in [9.17, 15) is 22.4 Å². The van der Waals surface area contributed by atoms with Crippen LogP contribution >= 0.6 is 0 Å². The van der Waals surface area contributed by atoms with Crippen LogP contribution in [0.5, 0.6) is 5.75 Å². The topological polar surface area (TPSA) is 50.8 Å². The van der Waals surface area contributed by atoms with Crippen LogP contribution in [0.15, 0.2) is 18.2 Å². The molecule has 1 N–H and O–H groups in total. The highest BCUT2D eigenvalue weighted by molar-refractivity contribution is 5.68. The molecule has 2 aliphatic heterocycles. The number of likely N-dealkylation sites (tertiary alicyclic amines) is 1. The Morgan fingerprint density at radius 1 is 1.27 bits per heavy atom. The van der Waals surface area contributed by atoms with Crippen molar-refractivity contribution in [1.82, 2.24) is 10.2 Å². The summed E-state index contributed by atoms with van der Waals surface area (Å²) in [4.78, 5) is 13.8. The van der Waals surface area contributed by atoms with Gasteiger partial charge in [0.2, 0.25) is 0 Å². The van der Waals surface area contributed by atoms with Crippen molar-refractivity contribution in [3.63, 3.8) is 0 Å². The van der Waals surface area contributed by atoms with Crippen molar-refractivity contribution in [3.8, 4) is 5.75 Å². The average Bonchev–Trinajstić information content (AvgIpc) is 2.95. The lowest BCUT2D eigenvalue weighted by molar-refractivity contribution is -0.274. The Bertz CT molecular complexity index is 660. The van der Waals surface area contributed by atoms with Gasteiger partial charge in [-0.25, -0.2) is 9.18 Å². The van der Waals surface area contributed by atoms with Gasteiger partial charge in [0.05, 0.1) is 0 Å². The number of nitrogens with one attached hydrogen (secondary N) is 1. The molecule has 1 spiro atoms. The van der Waals surface area contributed by atoms with E-state index in [1.54, 1.807) is 4.90 Å². The first kappa shape index (κ1) is 18.8. The number of rotatable bonds is 3. The third-order valence-electron chi connectivity index (χ3n) is 4.78. The van der Waals surface area contributed by atoms with Gasteiger partial charge >= 0.3 is 12.5 Å². The third kappa shape index (κ3) is 4.78. The Hall–Kier alpha value is -2.03. The minimum Gasteiger partial charge on any atom is -0.445 e. The monoisotopic (exact) mass is 376 g/mol. The molecule has 1 aromatic carbocycles. The molecule has 0 bridgehead atoms. The van der Waals surface area contributed by atoms with Gasteiger partial charge in [0.1, 0.15) is 18.2 Å². The summed E-state index contributed by atoms with van der Waals surface area (Å²) in [5, 5.41) is 3.34. The molecule has 2 aliphatic rings. The summed E-state index contributed by atoms with van der Waals surface area (Å²) in [5.74, 6) is -1.58. The quantitative estimate of drug-likeness (QED) is 0.822. The van der Waals surface area contributed by atoms with Crippen LogP contribution in [0.4, 0.5) is 22.4 Å². The lowest BCUT2D eigenvalue weighted by Crippen LogP contribution is -2.42. The molecule has 5 nitrogen and oxygen atoms in total. The highest BCUT2D eigenvalue weighted by Gasteiger charge is 2.41. The molecule has 26 heavy (non-hydrogen) atoms. The molecule has 0 aliphatic carbocycles. The molecule has 144 valence electrons. The molecule has 0 aromatic heterocycles. The van der Waals surface area contributed by atoms with E-state index in [-0.39, 0.29) is 17.6 Å². The number of piperidine rings is 1. The Morgan fingerprint density at radius 3 is 2.77 bits per heavy atom. The Kier molecular flexibility index (Phi) is 5.27. The van der Waals surface area contributed by atoms with Gasteiger partial charge in [-0.2, -0.15) is 0 Å². The van der Waals surface area contributed by atoms with Crippen molar-refractivity contribution in [2.24, 2.45) is 5.41 Å². The van der Waals surface area contributed by atoms with E-state index in [1.807, 2.05) is 0 Å². The van der Waals surface area contributed by atoms with E-state index >= 15 is 0 Å². The van der Waals surface area contributed by atoms with Crippen molar-refractivity contribution in [2.45, 2.75) is 32.2 Å². The number of benzene rings is 1. The Morgan fingerprint density at radius 2 is 2.08 bits per heavy atom. The van der Waals surface area contributed by atoms with Crippen LogP contribution in [0.1, 0.15) is 24.8 Å². The molecule has 0 saturated carbocycles. The predicted molar refractivity (Wildman–Crippen MR) is 84.0 cm³/mol. The fraction of sp³-hybridized carbons (Fsp3) is 0.588. The second kappa shape index (κ2) is 7.30. The zero-order valence-electron chi connectivity index (χ0n) is 14.1. The molecule has 1 atom stereocenters. The first-order chi connectivity index (χ1) is 12.2. The summed E-state index contributed by atoms with van der Waals surface area (Å²) in [5.41, 5.74) is 0.162. The SMILES string of the molecule is O=C(OCc1cc(F)cc(OC(F)(F)F)c1)N1CCC2(CCCNC2)C1. The highest BCUT2D eigenvalue weighted by Crippen LogP contribution is 2.36. The molecule has 2 fully saturated rings. The number of amides is 1. The van der Waals surface area contributed by atoms with Crippen LogP contribution in [0.25, 0.3) is 0 Å². The van der Waals surface area contributed by atoms with Crippen LogP contribution in [0.2, 0.25) is 0 Å². The Balaban J connectivity index is 1.56. The van der Waals surface area contributed by atoms with Gasteiger partial charge < -0.3 is 19.7 Å². The van der Waals surface area contributed by atoms with Crippen LogP contribution in [0, 0.1) is 11.2 Å². The molecule has 1 aromatic rings. The summed E-state index contributed by atoms with van der Waals surface area (Å²) in [7, 11) is 0. The molecule has 3 rings (SSSR count). The first-order valence-corrected chi connectivity index (χ1v) is 8.42. The number of alkyl halides is 3. The van der Waals surface area contributed by atoms with E-state index in [2.05, 4.69) is 10.1 Å². The van der Waals surface area contributed by atoms with Crippen molar-refractivity contribution in [3.05, 3.63) is 29.6 Å². The summed E-state index contributed by atoms with van der Waals surface area (Å²) in [6.07, 6.45) is -2.46. The largest absolute Gasteiger partial charge is 0.573 e. The number of ether oxygens (including phenoxy) is 2. The summed E-state index contributed by atoms with van der Waals surface area (Å²) < 4.78 is 59.1. The molecular formula is C17H20F4N2O3. The van der Waals surface area contributed by atoms with Crippen molar-refractivity contribution in [1.29, 1.82) is 0 Å². The zero-order valence-corrected chi connectivity index (χ0v) is 14.1. The van der Waals surface area contributed by atoms with Crippen molar-refractivity contribution < 1.29 is 31.8 Å². The van der Waals surface area contributed by atoms with Crippen LogP contribution in [-0.4, -0.2) is 43.5 Å². The normalized spacial score (nSPS) is 23.3. The molecule has 2 heterocycles. The number of hydrogen-bond donors (Lipinski definition) is 1. The number of halogens is 4. The number of carbonyl (C=O) groups is 1. The van der Waals surface area contributed by atoms with E-state index in [4.69, 9.17) is 4.74 Å². The maximum absolute atomic E-state index is 13.5. The van der Waals surface area contributed by atoms with Gasteiger partial charge in [0.15, 0.2) is 0 Å². The number of nitrogens with zero attached hydrogens (tertiary/aromatic N) is 1. The number of carbonyl (C=O) groups excluding carboxylic acids is 1. The van der Waals surface area contributed by atoms with Gasteiger partial charge in [-0.15, -0.1) is 13.2 Å². The molecule has 9 heteroatoms. The second-order valence-electron chi connectivity index (χ2n) is 6.85. The molecule has 1 amide bonds. The van der Waals surface area contributed by atoms with E-state index in [0.29, 0.717) is 19.2 Å². The van der Waals surface area contributed by atoms with E-state index < -0.39 is 24.0 Å². The average molecular weight is 376 g/mol. The zero-order chi connectivity index (χ0) is 18.8. The molecular weight excluding hydrogens is 356 g/mol. The minimum absolute atomic E-state index is 0.0733. The smallest absolute Gasteiger partial charge is 0.445 e. The molecule has 1 unspecified atom stereocenters. The minimum atomic E-state index is -4.92. The summed E-state index contributed by atoms with van der Waals surface area (Å²) in [6, 6.07) is 2.63. The summed E-state index contributed by atoms with van der Waals surface area (Å²) >= 11 is 0. The van der Waals surface area contributed by atoms with Gasteiger partial charge in [0.25, 0.3) is 0 Å². The van der Waals surface area contributed by atoms with Crippen LogP contribution in [-0.2, 0) is 11.3 Å². The summed E-state index contributed by atoms with van der Waals surface area (Å²) in [6.45, 7) is 2.68. The second-order valence-corrected chi connectivity index (χ2v) is 6.85. The maximum atomic E-state index is 13.5. The molecule has 0 radical (unpaired) electrons. The maximum Gasteiger partial charge on any atom is 0.573 e. The lowest BCUT2D eigenvalue weighted by Gasteiger charge is -2.33. The van der Waals surface area contributed by atoms with Gasteiger partial charge in [-0.05, 0) is 43.5 Å². The van der Waals surface area contributed by atoms with Crippen LogP contribution < -0.4 is 10.1 Å². The standard InChI is InChI=1S/C17H20F4N2O3/c18-13-6-12(7-14(8-13)26-17(19,20)21)9-25-15(24)23-5-3-16(11-23)2-1-4-22-10-16/h6-8,22H,1-5,9-11H2. The van der Waals surface area contributed by atoms with Gasteiger partial charge in [-0.3, -0.25) is 0 Å². The first-order valence-electron chi connectivity index (χ1n) is 8.42. The van der Waals surface area contributed by atoms with E-state index in [1.165, 1.54) is 0 Å². The van der Waals surface area contributed by atoms with Crippen LogP contribution in [0.3, 0.4) is 0 Å². The lowest BCUT2D eigenvalue weighted by atomic mass is 9.80. The van der Waals surface area contributed by atoms with Crippen molar-refractivity contribution >= 4 is 6.09 Å². The van der Waals surface area contributed by atoms with Gasteiger partial charge in [0, 0.05) is 31.1 Å². The fourth-order valence-electron chi connectivity index (χ4n) is 3.60. The predicted octanol–water partition coefficient (Wildman–Crippen LogP) is 3.44.